The van der Waals surface area contributed by atoms with Crippen LogP contribution in [-0.2, 0) is 27.3 Å². The zero-order valence-electron chi connectivity index (χ0n) is 17.0. The number of hydrogen-bond acceptors (Lipinski definition) is 6. The summed E-state index contributed by atoms with van der Waals surface area (Å²) in [5.74, 6) is -1.61. The van der Waals surface area contributed by atoms with Gasteiger partial charge in [0.25, 0.3) is 0 Å². The predicted molar refractivity (Wildman–Crippen MR) is 111 cm³/mol. The summed E-state index contributed by atoms with van der Waals surface area (Å²) in [4.78, 5) is 53.3. The van der Waals surface area contributed by atoms with Crippen LogP contribution in [0.1, 0.15) is 17.4 Å². The number of hydrogen-bond donors (Lipinski definition) is 0. The van der Waals surface area contributed by atoms with Crippen molar-refractivity contribution in [2.45, 2.75) is 25.9 Å². The van der Waals surface area contributed by atoms with Crippen LogP contribution in [0.2, 0.25) is 0 Å². The number of urea groups is 1. The molecule has 1 aromatic heterocycles. The summed E-state index contributed by atoms with van der Waals surface area (Å²) in [5.41, 5.74) is 0.884. The van der Waals surface area contributed by atoms with Crippen LogP contribution in [0.25, 0.3) is 0 Å². The second-order valence-electron chi connectivity index (χ2n) is 7.04. The molecule has 0 saturated carbocycles. The van der Waals surface area contributed by atoms with Crippen molar-refractivity contribution in [2.24, 2.45) is 0 Å². The maximum absolute atomic E-state index is 13.1. The average molecular weight is 429 g/mol. The molecule has 0 aliphatic carbocycles. The van der Waals surface area contributed by atoms with Gasteiger partial charge in [-0.1, -0.05) is 18.2 Å². The summed E-state index contributed by atoms with van der Waals surface area (Å²) >= 11 is 1.60. The molecular weight excluding hydrogens is 406 g/mol. The van der Waals surface area contributed by atoms with Gasteiger partial charge in [-0.25, -0.2) is 9.69 Å². The van der Waals surface area contributed by atoms with Gasteiger partial charge >= 0.3 is 17.8 Å². The predicted octanol–water partition coefficient (Wildman–Crippen LogP) is 2.14. The summed E-state index contributed by atoms with van der Waals surface area (Å²) in [6.45, 7) is 1.75. The van der Waals surface area contributed by atoms with E-state index >= 15 is 0 Å². The Morgan fingerprint density at radius 1 is 1.13 bits per heavy atom. The minimum Gasteiger partial charge on any atom is -0.497 e. The standard InChI is InChI=1S/C21H23N3O5S/c1-14(11-17-5-4-10-30-17)23(12-15-6-8-16(29-3)9-7-15)18(25)13-24-20(27)19(26)22(2)21(24)28/h4-10,14H,11-13H2,1-3H3. The zero-order chi connectivity index (χ0) is 21.8. The summed E-state index contributed by atoms with van der Waals surface area (Å²) in [7, 11) is 2.80. The molecule has 1 aliphatic rings. The molecule has 158 valence electrons. The van der Waals surface area contributed by atoms with Crippen LogP contribution in [0.3, 0.4) is 0 Å². The number of amides is 5. The third-order valence-electron chi connectivity index (χ3n) is 4.99. The molecule has 2 aromatic rings. The van der Waals surface area contributed by atoms with Gasteiger partial charge < -0.3 is 9.64 Å². The van der Waals surface area contributed by atoms with E-state index in [0.717, 1.165) is 15.3 Å². The Hall–Kier alpha value is -3.20. The lowest BCUT2D eigenvalue weighted by atomic mass is 10.1. The lowest BCUT2D eigenvalue weighted by molar-refractivity contribution is -0.145. The van der Waals surface area contributed by atoms with Crippen LogP contribution in [-0.4, -0.2) is 65.2 Å². The molecule has 0 spiro atoms. The summed E-state index contributed by atoms with van der Waals surface area (Å²) in [6, 6.07) is 10.3. The van der Waals surface area contributed by atoms with Crippen molar-refractivity contribution in [2.75, 3.05) is 20.7 Å². The van der Waals surface area contributed by atoms with Gasteiger partial charge in [0.1, 0.15) is 12.3 Å². The number of imide groups is 2. The van der Waals surface area contributed by atoms with Crippen molar-refractivity contribution < 1.29 is 23.9 Å². The van der Waals surface area contributed by atoms with Crippen molar-refractivity contribution in [3.63, 3.8) is 0 Å². The molecule has 30 heavy (non-hydrogen) atoms. The summed E-state index contributed by atoms with van der Waals surface area (Å²) in [5, 5.41) is 1.97. The number of carbonyl (C=O) groups excluding carboxylic acids is 4. The fourth-order valence-electron chi connectivity index (χ4n) is 3.23. The highest BCUT2D eigenvalue weighted by Gasteiger charge is 2.43. The highest BCUT2D eigenvalue weighted by molar-refractivity contribution is 7.09. The highest BCUT2D eigenvalue weighted by Crippen LogP contribution is 2.19. The minimum atomic E-state index is -0.980. The number of methoxy groups -OCH3 is 1. The normalized spacial score (nSPS) is 15.0. The first-order valence-electron chi connectivity index (χ1n) is 9.40. The van der Waals surface area contributed by atoms with E-state index < -0.39 is 30.3 Å². The minimum absolute atomic E-state index is 0.181. The first-order valence-corrected chi connectivity index (χ1v) is 10.3. The SMILES string of the molecule is COc1ccc(CN(C(=O)CN2C(=O)C(=O)N(C)C2=O)C(C)Cc2cccs2)cc1. The number of carbonyl (C=O) groups is 4. The van der Waals surface area contributed by atoms with Crippen LogP contribution in [0, 0.1) is 0 Å². The Morgan fingerprint density at radius 2 is 1.83 bits per heavy atom. The van der Waals surface area contributed by atoms with Gasteiger partial charge in [-0.3, -0.25) is 19.3 Å². The number of ether oxygens (including phenoxy) is 1. The maximum atomic E-state index is 13.1. The van der Waals surface area contributed by atoms with Gasteiger partial charge in [0.2, 0.25) is 5.91 Å². The molecule has 1 saturated heterocycles. The lowest BCUT2D eigenvalue weighted by Gasteiger charge is -2.30. The van der Waals surface area contributed by atoms with Crippen molar-refractivity contribution in [1.82, 2.24) is 14.7 Å². The molecule has 1 fully saturated rings. The van der Waals surface area contributed by atoms with E-state index in [1.54, 1.807) is 23.3 Å². The van der Waals surface area contributed by atoms with Gasteiger partial charge in [-0.05, 0) is 36.1 Å². The Bertz CT molecular complexity index is 942. The fourth-order valence-corrected chi connectivity index (χ4v) is 4.05. The van der Waals surface area contributed by atoms with Gasteiger partial charge in [0.15, 0.2) is 0 Å². The van der Waals surface area contributed by atoms with Gasteiger partial charge in [-0.15, -0.1) is 11.3 Å². The zero-order valence-corrected chi connectivity index (χ0v) is 17.8. The van der Waals surface area contributed by atoms with Crippen LogP contribution in [0.5, 0.6) is 5.75 Å². The molecule has 1 unspecified atom stereocenters. The van der Waals surface area contributed by atoms with Gasteiger partial charge in [0, 0.05) is 30.9 Å². The molecule has 1 aromatic carbocycles. The number of rotatable bonds is 8. The monoisotopic (exact) mass is 429 g/mol. The first-order chi connectivity index (χ1) is 14.3. The first kappa shape index (κ1) is 21.5. The Morgan fingerprint density at radius 3 is 2.37 bits per heavy atom. The van der Waals surface area contributed by atoms with Crippen LogP contribution >= 0.6 is 11.3 Å². The maximum Gasteiger partial charge on any atom is 0.334 e. The van der Waals surface area contributed by atoms with Gasteiger partial charge in [-0.2, -0.15) is 0 Å². The van der Waals surface area contributed by atoms with E-state index in [2.05, 4.69) is 0 Å². The van der Waals surface area contributed by atoms with Crippen molar-refractivity contribution in [1.29, 1.82) is 0 Å². The average Bonchev–Trinajstić information content (AvgIpc) is 3.32. The molecule has 0 bridgehead atoms. The summed E-state index contributed by atoms with van der Waals surface area (Å²) < 4.78 is 5.17. The lowest BCUT2D eigenvalue weighted by Crippen LogP contribution is -2.46. The number of likely N-dealkylation sites (N-methyl/N-ethyl adjacent to an activating group) is 1. The second kappa shape index (κ2) is 9.08. The number of nitrogens with zero attached hydrogens (tertiary/aromatic N) is 3. The third-order valence-corrected chi connectivity index (χ3v) is 5.88. The summed E-state index contributed by atoms with van der Waals surface area (Å²) in [6.07, 6.45) is 0.639. The van der Waals surface area contributed by atoms with Gasteiger partial charge in [0.05, 0.1) is 7.11 Å². The molecule has 0 N–H and O–H groups in total. The Labute approximate surface area is 178 Å². The molecule has 5 amide bonds. The quantitative estimate of drug-likeness (QED) is 0.474. The largest absolute Gasteiger partial charge is 0.497 e. The third kappa shape index (κ3) is 4.51. The van der Waals surface area contributed by atoms with E-state index in [1.807, 2.05) is 48.7 Å². The Kier molecular flexibility index (Phi) is 6.51. The smallest absolute Gasteiger partial charge is 0.334 e. The van der Waals surface area contributed by atoms with Crippen molar-refractivity contribution in [3.8, 4) is 5.75 Å². The molecule has 2 heterocycles. The van der Waals surface area contributed by atoms with E-state index in [4.69, 9.17) is 4.74 Å². The molecule has 1 aliphatic heterocycles. The Balaban J connectivity index is 1.80. The van der Waals surface area contributed by atoms with Crippen LogP contribution in [0.4, 0.5) is 4.79 Å². The van der Waals surface area contributed by atoms with Crippen molar-refractivity contribution in [3.05, 3.63) is 52.2 Å². The van der Waals surface area contributed by atoms with Crippen LogP contribution in [0.15, 0.2) is 41.8 Å². The molecule has 9 heteroatoms. The fraction of sp³-hybridized carbons (Fsp3) is 0.333. The van der Waals surface area contributed by atoms with Crippen LogP contribution < -0.4 is 4.74 Å². The van der Waals surface area contributed by atoms with E-state index in [-0.39, 0.29) is 6.04 Å². The second-order valence-corrected chi connectivity index (χ2v) is 8.07. The molecule has 3 rings (SSSR count). The van der Waals surface area contributed by atoms with E-state index in [0.29, 0.717) is 23.6 Å². The molecular formula is C21H23N3O5S. The topological polar surface area (TPSA) is 87.2 Å². The number of benzene rings is 1. The van der Waals surface area contributed by atoms with E-state index in [1.165, 1.54) is 7.05 Å². The van der Waals surface area contributed by atoms with Crippen molar-refractivity contribution >= 4 is 35.1 Å². The molecule has 0 radical (unpaired) electrons. The number of thiophene rings is 1. The highest BCUT2D eigenvalue weighted by atomic mass is 32.1. The van der Waals surface area contributed by atoms with E-state index in [9.17, 15) is 19.2 Å². The molecule has 8 nitrogen and oxygen atoms in total. The molecule has 1 atom stereocenters.